The minimum Gasteiger partial charge on any atom is -0.462 e. The maximum atomic E-state index is 13.9. The van der Waals surface area contributed by atoms with E-state index in [0.717, 1.165) is 70.8 Å². The quantitative estimate of drug-likeness (QED) is 0.178. The highest BCUT2D eigenvalue weighted by Gasteiger charge is 2.28. The van der Waals surface area contributed by atoms with Crippen LogP contribution in [0.4, 0.5) is 10.5 Å². The number of carbonyl (C=O) groups is 2. The molecule has 0 bridgehead atoms. The first-order chi connectivity index (χ1) is 23.5. The number of amides is 2. The predicted octanol–water partition coefficient (Wildman–Crippen LogP) is 6.63. The zero-order valence-corrected chi connectivity index (χ0v) is 27.9. The summed E-state index contributed by atoms with van der Waals surface area (Å²) < 4.78 is 5.11. The second-order valence-electron chi connectivity index (χ2n) is 12.8. The standard InChI is InChI=1S/C40H47N5O3/c1-2-48-39(46)35-15-17-37(18-16-35)42-40(47)45(38-19-23-43(24-20-38)28-31-7-4-3-5-8-31)30-32-11-13-34(14-12-32)36-10-6-9-33(27-36)29-44-25-21-41-22-26-44/h3-18,27,38,41H,2,19-26,28-30H2,1H3,(H,42,47). The lowest BCUT2D eigenvalue weighted by atomic mass is 9.99. The Bertz CT molecular complexity index is 1610. The van der Waals surface area contributed by atoms with Crippen molar-refractivity contribution in [2.45, 2.75) is 45.4 Å². The SMILES string of the molecule is CCOC(=O)c1ccc(NC(=O)N(Cc2ccc(-c3cccc(CN4CCNCC4)c3)cc2)C2CCN(Cc3ccccc3)CC2)cc1. The first-order valence-corrected chi connectivity index (χ1v) is 17.3. The molecule has 0 aromatic heterocycles. The number of hydrogen-bond acceptors (Lipinski definition) is 6. The van der Waals surface area contributed by atoms with E-state index in [1.165, 1.54) is 22.3 Å². The zero-order chi connectivity index (χ0) is 33.1. The van der Waals surface area contributed by atoms with Gasteiger partial charge in [0.25, 0.3) is 0 Å². The van der Waals surface area contributed by atoms with Crippen LogP contribution in [0, 0.1) is 0 Å². The highest BCUT2D eigenvalue weighted by molar-refractivity contribution is 5.92. The Morgan fingerprint density at radius 1 is 0.750 bits per heavy atom. The maximum absolute atomic E-state index is 13.9. The summed E-state index contributed by atoms with van der Waals surface area (Å²) in [4.78, 5) is 33.0. The molecule has 4 aromatic carbocycles. The normalized spacial score (nSPS) is 15.9. The van der Waals surface area contributed by atoms with Crippen LogP contribution < -0.4 is 10.6 Å². The van der Waals surface area contributed by atoms with Gasteiger partial charge in [-0.1, -0.05) is 72.8 Å². The fourth-order valence-corrected chi connectivity index (χ4v) is 6.67. The second kappa shape index (κ2) is 16.6. The Morgan fingerprint density at radius 3 is 2.12 bits per heavy atom. The van der Waals surface area contributed by atoms with Gasteiger partial charge in [0.05, 0.1) is 12.2 Å². The molecule has 2 saturated heterocycles. The lowest BCUT2D eigenvalue weighted by molar-refractivity contribution is 0.0526. The minimum absolute atomic E-state index is 0.108. The van der Waals surface area contributed by atoms with Crippen molar-refractivity contribution in [2.24, 2.45) is 0 Å². The number of esters is 1. The van der Waals surface area contributed by atoms with Gasteiger partial charge in [0, 0.05) is 70.6 Å². The van der Waals surface area contributed by atoms with Crippen LogP contribution in [0.2, 0.25) is 0 Å². The fraction of sp³-hybridized carbons (Fsp3) is 0.350. The summed E-state index contributed by atoms with van der Waals surface area (Å²) in [5.74, 6) is -0.367. The molecule has 0 saturated carbocycles. The van der Waals surface area contributed by atoms with Crippen molar-refractivity contribution in [1.82, 2.24) is 20.0 Å². The van der Waals surface area contributed by atoms with Crippen LogP contribution in [-0.4, -0.2) is 78.6 Å². The Balaban J connectivity index is 1.14. The molecule has 6 rings (SSSR count). The van der Waals surface area contributed by atoms with Crippen LogP contribution in [0.3, 0.4) is 0 Å². The number of piperazine rings is 1. The lowest BCUT2D eigenvalue weighted by Crippen LogP contribution is -2.48. The Kier molecular flexibility index (Phi) is 11.5. The van der Waals surface area contributed by atoms with Crippen molar-refractivity contribution in [3.8, 4) is 11.1 Å². The number of anilines is 1. The molecule has 8 heteroatoms. The van der Waals surface area contributed by atoms with Gasteiger partial charge in [0.2, 0.25) is 0 Å². The molecule has 2 N–H and O–H groups in total. The Labute approximate surface area is 284 Å². The van der Waals surface area contributed by atoms with Crippen LogP contribution in [0.15, 0.2) is 103 Å². The summed E-state index contributed by atoms with van der Waals surface area (Å²) in [7, 11) is 0. The largest absolute Gasteiger partial charge is 0.462 e. The topological polar surface area (TPSA) is 77.1 Å². The summed E-state index contributed by atoms with van der Waals surface area (Å²) in [5.41, 5.74) is 7.23. The second-order valence-corrected chi connectivity index (χ2v) is 12.8. The Hall–Kier alpha value is -4.50. The maximum Gasteiger partial charge on any atom is 0.338 e. The number of ether oxygens (including phenoxy) is 1. The number of piperidine rings is 1. The lowest BCUT2D eigenvalue weighted by Gasteiger charge is -2.38. The van der Waals surface area contributed by atoms with Crippen molar-refractivity contribution in [1.29, 1.82) is 0 Å². The average Bonchev–Trinajstić information content (AvgIpc) is 3.13. The Morgan fingerprint density at radius 2 is 1.42 bits per heavy atom. The third-order valence-electron chi connectivity index (χ3n) is 9.34. The van der Waals surface area contributed by atoms with Gasteiger partial charge in [-0.25, -0.2) is 9.59 Å². The molecule has 250 valence electrons. The van der Waals surface area contributed by atoms with E-state index >= 15 is 0 Å². The van der Waals surface area contributed by atoms with Crippen molar-refractivity contribution in [3.63, 3.8) is 0 Å². The molecule has 2 aliphatic rings. The first kappa shape index (κ1) is 33.4. The van der Waals surface area contributed by atoms with Crippen LogP contribution in [0.5, 0.6) is 0 Å². The van der Waals surface area contributed by atoms with Crippen LogP contribution >= 0.6 is 0 Å². The minimum atomic E-state index is -0.367. The predicted molar refractivity (Wildman–Crippen MR) is 192 cm³/mol. The number of rotatable bonds is 11. The van der Waals surface area contributed by atoms with E-state index in [1.807, 2.05) is 4.90 Å². The van der Waals surface area contributed by atoms with E-state index in [-0.39, 0.29) is 18.0 Å². The van der Waals surface area contributed by atoms with E-state index in [4.69, 9.17) is 4.74 Å². The van der Waals surface area contributed by atoms with Gasteiger partial charge >= 0.3 is 12.0 Å². The van der Waals surface area contributed by atoms with Gasteiger partial charge in [0.15, 0.2) is 0 Å². The molecule has 48 heavy (non-hydrogen) atoms. The number of hydrogen-bond donors (Lipinski definition) is 2. The van der Waals surface area contributed by atoms with E-state index in [0.29, 0.717) is 24.4 Å². The molecule has 2 amide bonds. The molecule has 2 aliphatic heterocycles. The summed E-state index contributed by atoms with van der Waals surface area (Å²) >= 11 is 0. The van der Waals surface area contributed by atoms with Gasteiger partial charge in [-0.05, 0) is 77.9 Å². The number of likely N-dealkylation sites (tertiary alicyclic amines) is 1. The first-order valence-electron chi connectivity index (χ1n) is 17.3. The molecule has 0 atom stereocenters. The van der Waals surface area contributed by atoms with E-state index < -0.39 is 0 Å². The number of nitrogens with one attached hydrogen (secondary N) is 2. The highest BCUT2D eigenvalue weighted by Crippen LogP contribution is 2.25. The van der Waals surface area contributed by atoms with Gasteiger partial charge < -0.3 is 20.3 Å². The molecule has 0 spiro atoms. The third kappa shape index (κ3) is 9.10. The number of nitrogens with zero attached hydrogens (tertiary/aromatic N) is 3. The average molecular weight is 646 g/mol. The number of urea groups is 1. The zero-order valence-electron chi connectivity index (χ0n) is 27.9. The van der Waals surface area contributed by atoms with Crippen LogP contribution in [0.1, 0.15) is 46.8 Å². The van der Waals surface area contributed by atoms with Crippen molar-refractivity contribution < 1.29 is 14.3 Å². The van der Waals surface area contributed by atoms with Gasteiger partial charge in [-0.3, -0.25) is 9.80 Å². The molecule has 0 aliphatic carbocycles. The van der Waals surface area contributed by atoms with Gasteiger partial charge in [0.1, 0.15) is 0 Å². The molecule has 8 nitrogen and oxygen atoms in total. The molecule has 4 aromatic rings. The van der Waals surface area contributed by atoms with Crippen molar-refractivity contribution >= 4 is 17.7 Å². The molecule has 2 fully saturated rings. The molecule has 0 radical (unpaired) electrons. The summed E-state index contributed by atoms with van der Waals surface area (Å²) in [6.07, 6.45) is 1.81. The summed E-state index contributed by atoms with van der Waals surface area (Å²) in [5, 5.41) is 6.53. The highest BCUT2D eigenvalue weighted by atomic mass is 16.5. The molecular formula is C40H47N5O3. The number of benzene rings is 4. The third-order valence-corrected chi connectivity index (χ3v) is 9.34. The molecule has 0 unspecified atom stereocenters. The van der Waals surface area contributed by atoms with Gasteiger partial charge in [-0.2, -0.15) is 0 Å². The molecular weight excluding hydrogens is 598 g/mol. The van der Waals surface area contributed by atoms with E-state index in [2.05, 4.69) is 99.3 Å². The number of carbonyl (C=O) groups excluding carboxylic acids is 2. The smallest absolute Gasteiger partial charge is 0.338 e. The molecule has 2 heterocycles. The van der Waals surface area contributed by atoms with Crippen molar-refractivity contribution in [3.05, 3.63) is 125 Å². The van der Waals surface area contributed by atoms with E-state index in [1.54, 1.807) is 31.2 Å². The van der Waals surface area contributed by atoms with E-state index in [9.17, 15) is 9.59 Å². The van der Waals surface area contributed by atoms with Gasteiger partial charge in [-0.15, -0.1) is 0 Å². The fourth-order valence-electron chi connectivity index (χ4n) is 6.67. The van der Waals surface area contributed by atoms with Crippen molar-refractivity contribution in [2.75, 3.05) is 51.2 Å². The summed E-state index contributed by atoms with van der Waals surface area (Å²) in [6.45, 7) is 10.6. The summed E-state index contributed by atoms with van der Waals surface area (Å²) in [6, 6.07) is 34.9. The monoisotopic (exact) mass is 645 g/mol. The van der Waals surface area contributed by atoms with Crippen LogP contribution in [0.25, 0.3) is 11.1 Å². The van der Waals surface area contributed by atoms with Crippen LogP contribution in [-0.2, 0) is 24.4 Å².